The molecule has 0 unspecified atom stereocenters. The van der Waals surface area contributed by atoms with Crippen LogP contribution in [0.15, 0.2) is 36.4 Å². The molecule has 0 spiro atoms. The number of phenolic OH excluding ortho intramolecular Hbond substituents is 2. The zero-order valence-corrected chi connectivity index (χ0v) is 10.0. The number of carbonyl (C=O) groups excluding carboxylic acids is 2. The van der Waals surface area contributed by atoms with E-state index in [9.17, 15) is 19.8 Å². The summed E-state index contributed by atoms with van der Waals surface area (Å²) >= 11 is 0. The molecule has 96 valence electrons. The van der Waals surface area contributed by atoms with Crippen LogP contribution in [0, 0.1) is 0 Å². The fourth-order valence-corrected chi connectivity index (χ4v) is 1.83. The Hall–Kier alpha value is -2.62. The van der Waals surface area contributed by atoms with Crippen molar-refractivity contribution in [3.05, 3.63) is 58.7 Å². The molecular weight excluding hydrogens is 244 g/mol. The molecule has 19 heavy (non-hydrogen) atoms. The summed E-state index contributed by atoms with van der Waals surface area (Å²) in [6.45, 7) is 0. The number of aromatic hydroxyl groups is 2. The monoisotopic (exact) mass is 256 g/mol. The largest absolute Gasteiger partial charge is 0.507 e. The van der Waals surface area contributed by atoms with Gasteiger partial charge in [-0.1, -0.05) is 12.1 Å². The Morgan fingerprint density at radius 3 is 1.53 bits per heavy atom. The molecule has 0 heterocycles. The Balaban J connectivity index is 2.26. The number of carbonyl (C=O) groups is 2. The van der Waals surface area contributed by atoms with Crippen molar-refractivity contribution in [3.63, 3.8) is 0 Å². The summed E-state index contributed by atoms with van der Waals surface area (Å²) in [4.78, 5) is 21.2. The molecule has 0 aromatic heterocycles. The molecule has 0 atom stereocenters. The maximum absolute atomic E-state index is 10.6. The van der Waals surface area contributed by atoms with Gasteiger partial charge < -0.3 is 10.2 Å². The summed E-state index contributed by atoms with van der Waals surface area (Å²) in [6.07, 6.45) is 1.66. The molecule has 4 heteroatoms. The molecule has 2 aromatic carbocycles. The Bertz CT molecular complexity index is 577. The second-order valence-corrected chi connectivity index (χ2v) is 4.20. The van der Waals surface area contributed by atoms with Crippen LogP contribution in [0.5, 0.6) is 11.5 Å². The molecule has 0 aliphatic heterocycles. The first-order valence-corrected chi connectivity index (χ1v) is 5.68. The molecule has 0 aliphatic rings. The average molecular weight is 256 g/mol. The van der Waals surface area contributed by atoms with Gasteiger partial charge in [-0.05, 0) is 41.8 Å². The van der Waals surface area contributed by atoms with Gasteiger partial charge in [0.25, 0.3) is 0 Å². The van der Waals surface area contributed by atoms with Crippen LogP contribution in [-0.2, 0) is 6.42 Å². The smallest absolute Gasteiger partial charge is 0.153 e. The molecule has 4 nitrogen and oxygen atoms in total. The molecule has 0 bridgehead atoms. The van der Waals surface area contributed by atoms with Gasteiger partial charge in [-0.3, -0.25) is 9.59 Å². The quantitative estimate of drug-likeness (QED) is 0.823. The van der Waals surface area contributed by atoms with Crippen molar-refractivity contribution >= 4 is 12.6 Å². The van der Waals surface area contributed by atoms with Crippen molar-refractivity contribution < 1.29 is 19.8 Å². The summed E-state index contributed by atoms with van der Waals surface area (Å²) in [6, 6.07) is 9.56. The molecule has 0 fully saturated rings. The van der Waals surface area contributed by atoms with Crippen LogP contribution < -0.4 is 0 Å². The summed E-state index contributed by atoms with van der Waals surface area (Å²) in [5.41, 5.74) is 2.09. The van der Waals surface area contributed by atoms with E-state index in [1.165, 1.54) is 24.3 Å². The Morgan fingerprint density at radius 2 is 1.21 bits per heavy atom. The van der Waals surface area contributed by atoms with Crippen LogP contribution in [0.25, 0.3) is 0 Å². The SMILES string of the molecule is O=Cc1ccc(Cc2ccc(C=O)c(O)c2)cc1O. The van der Waals surface area contributed by atoms with Crippen LogP contribution in [0.3, 0.4) is 0 Å². The third-order valence-electron chi connectivity index (χ3n) is 2.85. The lowest BCUT2D eigenvalue weighted by molar-refractivity contribution is 0.111. The third kappa shape index (κ3) is 2.80. The van der Waals surface area contributed by atoms with E-state index < -0.39 is 0 Å². The van der Waals surface area contributed by atoms with E-state index in [1.807, 2.05) is 0 Å². The Morgan fingerprint density at radius 1 is 0.789 bits per heavy atom. The predicted molar refractivity (Wildman–Crippen MR) is 69.8 cm³/mol. The molecule has 2 rings (SSSR count). The maximum Gasteiger partial charge on any atom is 0.153 e. The first-order chi connectivity index (χ1) is 9.13. The minimum atomic E-state index is -0.0683. The number of phenols is 2. The fraction of sp³-hybridized carbons (Fsp3) is 0.0667. The van der Waals surface area contributed by atoms with Crippen molar-refractivity contribution in [1.82, 2.24) is 0 Å². The molecule has 2 N–H and O–H groups in total. The van der Waals surface area contributed by atoms with Crippen molar-refractivity contribution in [2.24, 2.45) is 0 Å². The number of aldehydes is 2. The minimum absolute atomic E-state index is 0.0683. The topological polar surface area (TPSA) is 74.6 Å². The van der Waals surface area contributed by atoms with Gasteiger partial charge in [0.05, 0.1) is 11.1 Å². The highest BCUT2D eigenvalue weighted by Crippen LogP contribution is 2.22. The minimum Gasteiger partial charge on any atom is -0.507 e. The number of hydrogen-bond donors (Lipinski definition) is 2. The summed E-state index contributed by atoms with van der Waals surface area (Å²) in [5, 5.41) is 19.2. The van der Waals surface area contributed by atoms with Crippen LogP contribution in [-0.4, -0.2) is 22.8 Å². The van der Waals surface area contributed by atoms with Gasteiger partial charge in [0.15, 0.2) is 12.6 Å². The summed E-state index contributed by atoms with van der Waals surface area (Å²) in [7, 11) is 0. The lowest BCUT2D eigenvalue weighted by atomic mass is 10.0. The van der Waals surface area contributed by atoms with Crippen molar-refractivity contribution in [2.45, 2.75) is 6.42 Å². The van der Waals surface area contributed by atoms with Crippen molar-refractivity contribution in [3.8, 4) is 11.5 Å². The van der Waals surface area contributed by atoms with Gasteiger partial charge >= 0.3 is 0 Å². The second-order valence-electron chi connectivity index (χ2n) is 4.20. The Kier molecular flexibility index (Phi) is 3.61. The van der Waals surface area contributed by atoms with Gasteiger partial charge in [0, 0.05) is 0 Å². The normalized spacial score (nSPS) is 10.1. The van der Waals surface area contributed by atoms with Crippen LogP contribution in [0.4, 0.5) is 0 Å². The first kappa shape index (κ1) is 12.8. The average Bonchev–Trinajstić information content (AvgIpc) is 2.39. The van der Waals surface area contributed by atoms with E-state index in [-0.39, 0.29) is 22.6 Å². The number of hydrogen-bond acceptors (Lipinski definition) is 4. The molecule has 0 radical (unpaired) electrons. The van der Waals surface area contributed by atoms with Crippen molar-refractivity contribution in [1.29, 1.82) is 0 Å². The van der Waals surface area contributed by atoms with Gasteiger partial charge in [0.1, 0.15) is 11.5 Å². The fourth-order valence-electron chi connectivity index (χ4n) is 1.83. The lowest BCUT2D eigenvalue weighted by Crippen LogP contribution is -1.91. The highest BCUT2D eigenvalue weighted by Gasteiger charge is 2.05. The van der Waals surface area contributed by atoms with Crippen molar-refractivity contribution in [2.75, 3.05) is 0 Å². The van der Waals surface area contributed by atoms with E-state index in [1.54, 1.807) is 12.1 Å². The third-order valence-corrected chi connectivity index (χ3v) is 2.85. The van der Waals surface area contributed by atoms with Gasteiger partial charge in [0.2, 0.25) is 0 Å². The van der Waals surface area contributed by atoms with Crippen LogP contribution >= 0.6 is 0 Å². The maximum atomic E-state index is 10.6. The summed E-state index contributed by atoms with van der Waals surface area (Å²) in [5.74, 6) is -0.137. The standard InChI is InChI=1S/C15H12O4/c16-8-12-3-1-10(6-14(12)18)5-11-2-4-13(9-17)15(19)7-11/h1-4,6-9,18-19H,5H2. The molecule has 0 saturated heterocycles. The zero-order valence-electron chi connectivity index (χ0n) is 10.0. The molecular formula is C15H12O4. The summed E-state index contributed by atoms with van der Waals surface area (Å²) < 4.78 is 0. The zero-order chi connectivity index (χ0) is 13.8. The second kappa shape index (κ2) is 5.35. The molecule has 0 aliphatic carbocycles. The first-order valence-electron chi connectivity index (χ1n) is 5.68. The molecule has 0 saturated carbocycles. The van der Waals surface area contributed by atoms with E-state index in [0.717, 1.165) is 11.1 Å². The highest BCUT2D eigenvalue weighted by molar-refractivity contribution is 5.80. The van der Waals surface area contributed by atoms with E-state index in [0.29, 0.717) is 19.0 Å². The number of benzene rings is 2. The molecule has 2 aromatic rings. The number of rotatable bonds is 4. The highest BCUT2D eigenvalue weighted by atomic mass is 16.3. The molecule has 0 amide bonds. The Labute approximate surface area is 109 Å². The lowest BCUT2D eigenvalue weighted by Gasteiger charge is -2.05. The van der Waals surface area contributed by atoms with E-state index in [2.05, 4.69) is 0 Å². The van der Waals surface area contributed by atoms with E-state index in [4.69, 9.17) is 0 Å². The van der Waals surface area contributed by atoms with Gasteiger partial charge in [-0.15, -0.1) is 0 Å². The predicted octanol–water partition coefficient (Wildman–Crippen LogP) is 2.31. The van der Waals surface area contributed by atoms with Crippen LogP contribution in [0.1, 0.15) is 31.8 Å². The van der Waals surface area contributed by atoms with Gasteiger partial charge in [-0.2, -0.15) is 0 Å². The van der Waals surface area contributed by atoms with Gasteiger partial charge in [-0.25, -0.2) is 0 Å². The van der Waals surface area contributed by atoms with E-state index >= 15 is 0 Å². The van der Waals surface area contributed by atoms with Crippen LogP contribution in [0.2, 0.25) is 0 Å².